The van der Waals surface area contributed by atoms with E-state index in [1.165, 1.54) is 36.0 Å². The molecule has 0 aromatic heterocycles. The number of rotatable bonds is 2. The lowest BCUT2D eigenvalue weighted by Crippen LogP contribution is -2.49. The van der Waals surface area contributed by atoms with Crippen LogP contribution in [0.15, 0.2) is 18.2 Å². The Hall–Kier alpha value is -1.37. The quantitative estimate of drug-likeness (QED) is 0.852. The van der Waals surface area contributed by atoms with Crippen molar-refractivity contribution in [3.63, 3.8) is 0 Å². The first kappa shape index (κ1) is 11.7. The fraction of sp³-hybridized carbons (Fsp3) is 0.533. The van der Waals surface area contributed by atoms with E-state index in [-0.39, 0.29) is 6.04 Å². The van der Waals surface area contributed by atoms with Crippen LogP contribution in [-0.2, 0) is 19.4 Å². The third-order valence-corrected chi connectivity index (χ3v) is 4.05. The van der Waals surface area contributed by atoms with Crippen LogP contribution in [0.5, 0.6) is 0 Å². The molecule has 3 rings (SSSR count). The minimum absolute atomic E-state index is 0.0204. The normalized spacial score (nSPS) is 23.6. The van der Waals surface area contributed by atoms with E-state index >= 15 is 0 Å². The molecule has 1 fully saturated rings. The van der Waals surface area contributed by atoms with Gasteiger partial charge >= 0.3 is 0 Å². The standard InChI is InChI=1S/C15H19N3/c16-9-15-10-17-6-7-18(15)11-12-4-5-13-2-1-3-14(13)8-12/h4-5,8,15,17H,1-3,6-7,10-11H2. The number of nitriles is 1. The summed E-state index contributed by atoms with van der Waals surface area (Å²) >= 11 is 0. The summed E-state index contributed by atoms with van der Waals surface area (Å²) in [5.74, 6) is 0. The first-order valence-corrected chi connectivity index (χ1v) is 6.82. The SMILES string of the molecule is N#CC1CNCCN1Cc1ccc2c(c1)CCC2. The van der Waals surface area contributed by atoms with Crippen molar-refractivity contribution in [3.05, 3.63) is 34.9 Å². The van der Waals surface area contributed by atoms with E-state index < -0.39 is 0 Å². The lowest BCUT2D eigenvalue weighted by molar-refractivity contribution is 0.189. The van der Waals surface area contributed by atoms with Gasteiger partial charge in [-0.25, -0.2) is 0 Å². The molecule has 0 spiro atoms. The van der Waals surface area contributed by atoms with Crippen molar-refractivity contribution in [1.29, 1.82) is 5.26 Å². The predicted octanol–water partition coefficient (Wildman–Crippen LogP) is 1.47. The van der Waals surface area contributed by atoms with Gasteiger partial charge in [0.25, 0.3) is 0 Å². The van der Waals surface area contributed by atoms with Gasteiger partial charge in [-0.05, 0) is 36.0 Å². The number of nitrogens with zero attached hydrogens (tertiary/aromatic N) is 2. The molecule has 0 bridgehead atoms. The molecular formula is C15H19N3. The fourth-order valence-corrected chi connectivity index (χ4v) is 3.02. The number of fused-ring (bicyclic) bond motifs is 1. The maximum absolute atomic E-state index is 9.16. The Kier molecular flexibility index (Phi) is 3.31. The Balaban J connectivity index is 1.74. The van der Waals surface area contributed by atoms with Crippen LogP contribution < -0.4 is 5.32 Å². The van der Waals surface area contributed by atoms with Gasteiger partial charge in [0.2, 0.25) is 0 Å². The van der Waals surface area contributed by atoms with Crippen LogP contribution in [-0.4, -0.2) is 30.6 Å². The Morgan fingerprint density at radius 3 is 3.11 bits per heavy atom. The third-order valence-electron chi connectivity index (χ3n) is 4.05. The lowest BCUT2D eigenvalue weighted by Gasteiger charge is -2.32. The van der Waals surface area contributed by atoms with Gasteiger partial charge in [-0.15, -0.1) is 0 Å². The largest absolute Gasteiger partial charge is 0.313 e. The van der Waals surface area contributed by atoms with Gasteiger partial charge in [0.15, 0.2) is 0 Å². The van der Waals surface area contributed by atoms with Gasteiger partial charge in [-0.3, -0.25) is 4.90 Å². The molecule has 1 aromatic rings. The summed E-state index contributed by atoms with van der Waals surface area (Å²) in [6, 6.07) is 9.27. The Morgan fingerprint density at radius 2 is 2.22 bits per heavy atom. The van der Waals surface area contributed by atoms with Crippen molar-refractivity contribution >= 4 is 0 Å². The average Bonchev–Trinajstić information content (AvgIpc) is 2.87. The molecule has 1 saturated heterocycles. The van der Waals surface area contributed by atoms with Crippen molar-refractivity contribution < 1.29 is 0 Å². The van der Waals surface area contributed by atoms with Crippen LogP contribution in [0, 0.1) is 11.3 Å². The van der Waals surface area contributed by atoms with Crippen LogP contribution in [0.3, 0.4) is 0 Å². The van der Waals surface area contributed by atoms with E-state index in [0.29, 0.717) is 0 Å². The molecule has 1 aliphatic carbocycles. The zero-order valence-corrected chi connectivity index (χ0v) is 10.7. The number of aryl methyl sites for hydroxylation is 2. The van der Waals surface area contributed by atoms with Crippen LogP contribution in [0.25, 0.3) is 0 Å². The summed E-state index contributed by atoms with van der Waals surface area (Å²) in [6.07, 6.45) is 3.77. The summed E-state index contributed by atoms with van der Waals surface area (Å²) in [5, 5.41) is 12.4. The Bertz CT molecular complexity index is 475. The summed E-state index contributed by atoms with van der Waals surface area (Å²) < 4.78 is 0. The predicted molar refractivity (Wildman–Crippen MR) is 71.1 cm³/mol. The maximum atomic E-state index is 9.16. The van der Waals surface area contributed by atoms with Gasteiger partial charge in [-0.1, -0.05) is 18.2 Å². The molecular weight excluding hydrogens is 222 g/mol. The molecule has 1 aromatic carbocycles. The van der Waals surface area contributed by atoms with Crippen LogP contribution in [0.2, 0.25) is 0 Å². The lowest BCUT2D eigenvalue weighted by atomic mass is 10.1. The minimum atomic E-state index is 0.0204. The zero-order valence-electron chi connectivity index (χ0n) is 10.7. The van der Waals surface area contributed by atoms with Crippen LogP contribution in [0.4, 0.5) is 0 Å². The van der Waals surface area contributed by atoms with Gasteiger partial charge in [0.1, 0.15) is 6.04 Å². The van der Waals surface area contributed by atoms with Crippen molar-refractivity contribution in [3.8, 4) is 6.07 Å². The van der Waals surface area contributed by atoms with Gasteiger partial charge < -0.3 is 5.32 Å². The average molecular weight is 241 g/mol. The molecule has 1 aliphatic heterocycles. The number of benzene rings is 1. The minimum Gasteiger partial charge on any atom is -0.313 e. The zero-order chi connectivity index (χ0) is 12.4. The highest BCUT2D eigenvalue weighted by Gasteiger charge is 2.22. The molecule has 2 aliphatic rings. The van der Waals surface area contributed by atoms with Gasteiger partial charge in [0.05, 0.1) is 6.07 Å². The second-order valence-corrected chi connectivity index (χ2v) is 5.28. The van der Waals surface area contributed by atoms with E-state index in [0.717, 1.165) is 26.2 Å². The third kappa shape index (κ3) is 2.27. The highest BCUT2D eigenvalue weighted by Crippen LogP contribution is 2.23. The van der Waals surface area contributed by atoms with Crippen molar-refractivity contribution in [1.82, 2.24) is 10.2 Å². The molecule has 94 valence electrons. The molecule has 1 heterocycles. The fourth-order valence-electron chi connectivity index (χ4n) is 3.02. The molecule has 1 N–H and O–H groups in total. The van der Waals surface area contributed by atoms with Gasteiger partial charge in [0, 0.05) is 26.2 Å². The molecule has 1 unspecified atom stereocenters. The van der Waals surface area contributed by atoms with E-state index in [1.54, 1.807) is 0 Å². The number of hydrogen-bond acceptors (Lipinski definition) is 3. The number of nitrogens with one attached hydrogen (secondary N) is 1. The molecule has 3 nitrogen and oxygen atoms in total. The molecule has 3 heteroatoms. The number of piperazine rings is 1. The number of hydrogen-bond donors (Lipinski definition) is 1. The molecule has 0 radical (unpaired) electrons. The molecule has 0 saturated carbocycles. The summed E-state index contributed by atoms with van der Waals surface area (Å²) in [5.41, 5.74) is 4.41. The topological polar surface area (TPSA) is 39.1 Å². The Morgan fingerprint density at radius 1 is 1.33 bits per heavy atom. The summed E-state index contributed by atoms with van der Waals surface area (Å²) in [6.45, 7) is 3.66. The van der Waals surface area contributed by atoms with Gasteiger partial charge in [-0.2, -0.15) is 5.26 Å². The smallest absolute Gasteiger partial charge is 0.111 e. The van der Waals surface area contributed by atoms with Crippen LogP contribution >= 0.6 is 0 Å². The van der Waals surface area contributed by atoms with Crippen molar-refractivity contribution in [2.24, 2.45) is 0 Å². The highest BCUT2D eigenvalue weighted by molar-refractivity contribution is 5.35. The Labute approximate surface area is 108 Å². The van der Waals surface area contributed by atoms with E-state index in [1.807, 2.05) is 0 Å². The first-order chi connectivity index (χ1) is 8.86. The van der Waals surface area contributed by atoms with Crippen molar-refractivity contribution in [2.75, 3.05) is 19.6 Å². The van der Waals surface area contributed by atoms with E-state index in [9.17, 15) is 0 Å². The van der Waals surface area contributed by atoms with Crippen LogP contribution in [0.1, 0.15) is 23.1 Å². The van der Waals surface area contributed by atoms with E-state index in [4.69, 9.17) is 5.26 Å². The monoisotopic (exact) mass is 241 g/mol. The van der Waals surface area contributed by atoms with E-state index in [2.05, 4.69) is 34.5 Å². The maximum Gasteiger partial charge on any atom is 0.111 e. The second-order valence-electron chi connectivity index (χ2n) is 5.28. The molecule has 1 atom stereocenters. The molecule has 0 amide bonds. The van der Waals surface area contributed by atoms with Crippen molar-refractivity contribution in [2.45, 2.75) is 31.8 Å². The summed E-state index contributed by atoms with van der Waals surface area (Å²) in [7, 11) is 0. The second kappa shape index (κ2) is 5.09. The highest BCUT2D eigenvalue weighted by atomic mass is 15.2. The first-order valence-electron chi connectivity index (χ1n) is 6.82. The molecule has 18 heavy (non-hydrogen) atoms. The summed E-state index contributed by atoms with van der Waals surface area (Å²) in [4.78, 5) is 2.28.